The third-order valence-electron chi connectivity index (χ3n) is 6.18. The zero-order valence-corrected chi connectivity index (χ0v) is 20.9. The van der Waals surface area contributed by atoms with Crippen molar-refractivity contribution < 1.29 is 14.4 Å². The second kappa shape index (κ2) is 14.0. The van der Waals surface area contributed by atoms with Gasteiger partial charge >= 0.3 is 0 Å². The van der Waals surface area contributed by atoms with Gasteiger partial charge in [0.05, 0.1) is 6.42 Å². The Morgan fingerprint density at radius 1 is 0.848 bits per heavy atom. The van der Waals surface area contributed by atoms with Crippen LogP contribution in [0.25, 0.3) is 0 Å². The maximum absolute atomic E-state index is 13.3. The van der Waals surface area contributed by atoms with Crippen molar-refractivity contribution in [1.82, 2.24) is 16.0 Å². The van der Waals surface area contributed by atoms with Gasteiger partial charge < -0.3 is 16.0 Å². The number of amides is 3. The van der Waals surface area contributed by atoms with Gasteiger partial charge in [0.1, 0.15) is 12.1 Å². The minimum atomic E-state index is -0.659. The molecule has 1 aromatic carbocycles. The molecule has 0 unspecified atom stereocenters. The lowest BCUT2D eigenvalue weighted by molar-refractivity contribution is -0.132. The topological polar surface area (TPSA) is 87.3 Å². The van der Waals surface area contributed by atoms with E-state index in [-0.39, 0.29) is 30.1 Å². The van der Waals surface area contributed by atoms with Gasteiger partial charge in [0.25, 0.3) is 0 Å². The van der Waals surface area contributed by atoms with E-state index in [1.165, 1.54) is 19.3 Å². The van der Waals surface area contributed by atoms with E-state index in [1.807, 2.05) is 44.2 Å². The van der Waals surface area contributed by atoms with Crippen molar-refractivity contribution in [2.24, 2.45) is 17.8 Å². The Labute approximate surface area is 199 Å². The second-order valence-corrected chi connectivity index (χ2v) is 10.4. The van der Waals surface area contributed by atoms with E-state index in [2.05, 4.69) is 29.8 Å². The number of nitrogens with one attached hydrogen (secondary N) is 3. The highest BCUT2D eigenvalue weighted by molar-refractivity contribution is 5.92. The minimum Gasteiger partial charge on any atom is -0.354 e. The summed E-state index contributed by atoms with van der Waals surface area (Å²) in [4.78, 5) is 38.9. The number of benzene rings is 1. The SMILES string of the molecule is CC(C)CNC(=O)[C@H](CC1CCCCC1)NC(=O)[C@H](CC(C)C)NC(=O)Cc1ccccc1. The van der Waals surface area contributed by atoms with Crippen molar-refractivity contribution in [2.45, 2.75) is 91.1 Å². The van der Waals surface area contributed by atoms with Crippen LogP contribution in [0.4, 0.5) is 0 Å². The lowest BCUT2D eigenvalue weighted by Crippen LogP contribution is -2.55. The molecular weight excluding hydrogens is 414 g/mol. The van der Waals surface area contributed by atoms with Crippen molar-refractivity contribution in [1.29, 1.82) is 0 Å². The van der Waals surface area contributed by atoms with Crippen LogP contribution >= 0.6 is 0 Å². The maximum Gasteiger partial charge on any atom is 0.243 e. The summed E-state index contributed by atoms with van der Waals surface area (Å²) in [6, 6.07) is 8.27. The molecule has 1 fully saturated rings. The highest BCUT2D eigenvalue weighted by Gasteiger charge is 2.29. The zero-order valence-electron chi connectivity index (χ0n) is 20.9. The second-order valence-electron chi connectivity index (χ2n) is 10.4. The van der Waals surface area contributed by atoms with E-state index in [9.17, 15) is 14.4 Å². The van der Waals surface area contributed by atoms with Gasteiger partial charge in [-0.2, -0.15) is 0 Å². The highest BCUT2D eigenvalue weighted by atomic mass is 16.2. The molecule has 1 aromatic rings. The quantitative estimate of drug-likeness (QED) is 0.444. The van der Waals surface area contributed by atoms with E-state index < -0.39 is 12.1 Å². The Morgan fingerprint density at radius 2 is 1.52 bits per heavy atom. The largest absolute Gasteiger partial charge is 0.354 e. The summed E-state index contributed by atoms with van der Waals surface area (Å²) in [5, 5.41) is 8.90. The molecule has 0 bridgehead atoms. The van der Waals surface area contributed by atoms with Gasteiger partial charge in [-0.3, -0.25) is 14.4 Å². The van der Waals surface area contributed by atoms with Crippen molar-refractivity contribution in [3.8, 4) is 0 Å². The van der Waals surface area contributed by atoms with E-state index in [4.69, 9.17) is 0 Å². The fourth-order valence-electron chi connectivity index (χ4n) is 4.42. The summed E-state index contributed by atoms with van der Waals surface area (Å²) in [6.07, 6.45) is 7.23. The zero-order chi connectivity index (χ0) is 24.2. The normalized spacial score (nSPS) is 16.3. The molecule has 1 saturated carbocycles. The lowest BCUT2D eigenvalue weighted by atomic mass is 9.84. The van der Waals surface area contributed by atoms with Gasteiger partial charge in [0, 0.05) is 6.54 Å². The lowest BCUT2D eigenvalue weighted by Gasteiger charge is -2.28. The molecule has 0 saturated heterocycles. The average molecular weight is 458 g/mol. The number of rotatable bonds is 12. The Hall–Kier alpha value is -2.37. The summed E-state index contributed by atoms with van der Waals surface area (Å²) in [5.41, 5.74) is 0.905. The molecule has 33 heavy (non-hydrogen) atoms. The van der Waals surface area contributed by atoms with Gasteiger partial charge in [-0.1, -0.05) is 90.1 Å². The molecule has 6 heteroatoms. The van der Waals surface area contributed by atoms with Crippen LogP contribution in [-0.4, -0.2) is 36.3 Å². The van der Waals surface area contributed by atoms with E-state index in [0.29, 0.717) is 31.2 Å². The summed E-state index contributed by atoms with van der Waals surface area (Å²) in [5.74, 6) is 0.433. The fourth-order valence-corrected chi connectivity index (χ4v) is 4.42. The van der Waals surface area contributed by atoms with Crippen LogP contribution in [0.3, 0.4) is 0 Å². The fraction of sp³-hybridized carbons (Fsp3) is 0.667. The van der Waals surface area contributed by atoms with Gasteiger partial charge in [-0.25, -0.2) is 0 Å². The van der Waals surface area contributed by atoms with Crippen LogP contribution in [0.1, 0.15) is 78.2 Å². The van der Waals surface area contributed by atoms with Crippen LogP contribution in [-0.2, 0) is 20.8 Å². The van der Waals surface area contributed by atoms with E-state index in [0.717, 1.165) is 18.4 Å². The number of hydrogen-bond donors (Lipinski definition) is 3. The summed E-state index contributed by atoms with van der Waals surface area (Å²) in [7, 11) is 0. The summed E-state index contributed by atoms with van der Waals surface area (Å²) >= 11 is 0. The molecule has 0 spiro atoms. The third-order valence-corrected chi connectivity index (χ3v) is 6.18. The minimum absolute atomic E-state index is 0.124. The molecular formula is C27H43N3O3. The molecule has 0 aliphatic heterocycles. The van der Waals surface area contributed by atoms with Crippen molar-refractivity contribution in [3.05, 3.63) is 35.9 Å². The molecule has 0 heterocycles. The van der Waals surface area contributed by atoms with Gasteiger partial charge in [0.15, 0.2) is 0 Å². The summed E-state index contributed by atoms with van der Waals surface area (Å²) in [6.45, 7) is 8.74. The first-order chi connectivity index (χ1) is 15.7. The summed E-state index contributed by atoms with van der Waals surface area (Å²) < 4.78 is 0. The van der Waals surface area contributed by atoms with Crippen LogP contribution in [0.5, 0.6) is 0 Å². The first-order valence-corrected chi connectivity index (χ1v) is 12.7. The van der Waals surface area contributed by atoms with Crippen LogP contribution in [0.15, 0.2) is 30.3 Å². The Morgan fingerprint density at radius 3 is 2.12 bits per heavy atom. The molecule has 1 aliphatic rings. The predicted octanol–water partition coefficient (Wildman–Crippen LogP) is 3.99. The van der Waals surface area contributed by atoms with Gasteiger partial charge in [0.2, 0.25) is 17.7 Å². The van der Waals surface area contributed by atoms with Crippen molar-refractivity contribution in [2.75, 3.05) is 6.54 Å². The van der Waals surface area contributed by atoms with Crippen molar-refractivity contribution >= 4 is 17.7 Å². The highest BCUT2D eigenvalue weighted by Crippen LogP contribution is 2.27. The van der Waals surface area contributed by atoms with E-state index in [1.54, 1.807) is 0 Å². The molecule has 2 atom stereocenters. The Kier molecular flexibility index (Phi) is 11.4. The van der Waals surface area contributed by atoms with Gasteiger partial charge in [-0.15, -0.1) is 0 Å². The number of hydrogen-bond acceptors (Lipinski definition) is 3. The first-order valence-electron chi connectivity index (χ1n) is 12.7. The predicted molar refractivity (Wildman–Crippen MR) is 133 cm³/mol. The maximum atomic E-state index is 13.3. The van der Waals surface area contributed by atoms with E-state index >= 15 is 0 Å². The van der Waals surface area contributed by atoms with Crippen LogP contribution in [0, 0.1) is 17.8 Å². The molecule has 2 rings (SSSR count). The monoisotopic (exact) mass is 457 g/mol. The van der Waals surface area contributed by atoms with Gasteiger partial charge in [-0.05, 0) is 36.2 Å². The average Bonchev–Trinajstić information content (AvgIpc) is 2.77. The third kappa shape index (κ3) is 10.4. The first kappa shape index (κ1) is 26.9. The number of carbonyl (C=O) groups is 3. The number of carbonyl (C=O) groups excluding carboxylic acids is 3. The van der Waals surface area contributed by atoms with Crippen LogP contribution < -0.4 is 16.0 Å². The van der Waals surface area contributed by atoms with Crippen LogP contribution in [0.2, 0.25) is 0 Å². The molecule has 6 nitrogen and oxygen atoms in total. The van der Waals surface area contributed by atoms with Crippen molar-refractivity contribution in [3.63, 3.8) is 0 Å². The smallest absolute Gasteiger partial charge is 0.243 e. The Bertz CT molecular complexity index is 742. The molecule has 184 valence electrons. The molecule has 0 aromatic heterocycles. The molecule has 3 amide bonds. The standard InChI is InChI=1S/C27H43N3O3/c1-19(2)15-23(29-25(31)17-22-13-9-6-10-14-22)27(33)30-24(26(32)28-18-20(3)4)16-21-11-7-5-8-12-21/h6,9-10,13-14,19-21,23-24H,5,7-8,11-12,15-18H2,1-4H3,(H,28,32)(H,29,31)(H,30,33)/t23-,24-/m0/s1. The molecule has 1 aliphatic carbocycles. The Balaban J connectivity index is 2.05. The molecule has 3 N–H and O–H groups in total. The molecule has 0 radical (unpaired) electrons.